The molecule has 3 aromatic rings. The van der Waals surface area contributed by atoms with Crippen molar-refractivity contribution in [1.82, 2.24) is 9.78 Å². The smallest absolute Gasteiger partial charge is 0.262 e. The first-order valence-electron chi connectivity index (χ1n) is 6.85. The van der Waals surface area contributed by atoms with Crippen LogP contribution in [-0.4, -0.2) is 18.2 Å². The minimum Gasteiger partial charge on any atom is -0.277 e. The molecule has 0 amide bonds. The van der Waals surface area contributed by atoms with Crippen molar-refractivity contribution in [3.05, 3.63) is 72.3 Å². The van der Waals surface area contributed by atoms with E-state index >= 15 is 0 Å². The molecule has 0 fully saturated rings. The fourth-order valence-corrected chi connectivity index (χ4v) is 3.20. The second-order valence-corrected chi connectivity index (χ2v) is 6.67. The van der Waals surface area contributed by atoms with Gasteiger partial charge in [0.1, 0.15) is 5.82 Å². The van der Waals surface area contributed by atoms with E-state index in [0.717, 1.165) is 6.07 Å². The average molecular weight is 331 g/mol. The summed E-state index contributed by atoms with van der Waals surface area (Å²) < 4.78 is 42.6. The molecular formula is C16H14FN3O2S. The molecule has 0 aliphatic rings. The molecule has 0 saturated carbocycles. The number of hydrogen-bond donors (Lipinski definition) is 1. The van der Waals surface area contributed by atoms with Gasteiger partial charge < -0.3 is 0 Å². The minimum atomic E-state index is -3.90. The Kier molecular flexibility index (Phi) is 3.87. The number of sulfonamides is 1. The predicted molar refractivity (Wildman–Crippen MR) is 85.5 cm³/mol. The number of anilines is 1. The fraction of sp³-hybridized carbons (Fsp3) is 0.0625. The molecule has 0 aliphatic carbocycles. The minimum absolute atomic E-state index is 0.129. The van der Waals surface area contributed by atoms with E-state index in [9.17, 15) is 12.8 Å². The summed E-state index contributed by atoms with van der Waals surface area (Å²) in [4.78, 5) is -0.129. The molecule has 0 spiro atoms. The summed E-state index contributed by atoms with van der Waals surface area (Å²) in [5.74, 6) is -0.562. The summed E-state index contributed by atoms with van der Waals surface area (Å²) in [5, 5.41) is 4.10. The third-order valence-electron chi connectivity index (χ3n) is 3.35. The van der Waals surface area contributed by atoms with Crippen molar-refractivity contribution < 1.29 is 12.8 Å². The van der Waals surface area contributed by atoms with Crippen molar-refractivity contribution in [3.8, 4) is 5.69 Å². The zero-order valence-electron chi connectivity index (χ0n) is 12.3. The summed E-state index contributed by atoms with van der Waals surface area (Å²) in [6, 6.07) is 12.4. The molecule has 0 unspecified atom stereocenters. The van der Waals surface area contributed by atoms with Gasteiger partial charge in [-0.15, -0.1) is 0 Å². The van der Waals surface area contributed by atoms with Crippen LogP contribution in [0, 0.1) is 12.7 Å². The zero-order chi connectivity index (χ0) is 16.4. The van der Waals surface area contributed by atoms with Gasteiger partial charge in [-0.1, -0.05) is 18.2 Å². The Hall–Kier alpha value is -2.67. The first kappa shape index (κ1) is 15.2. The van der Waals surface area contributed by atoms with E-state index in [4.69, 9.17) is 0 Å². The molecule has 0 radical (unpaired) electrons. The van der Waals surface area contributed by atoms with Crippen LogP contribution >= 0.6 is 0 Å². The van der Waals surface area contributed by atoms with Crippen LogP contribution in [0.1, 0.15) is 5.56 Å². The number of hydrogen-bond acceptors (Lipinski definition) is 3. The maximum atomic E-state index is 13.6. The highest BCUT2D eigenvalue weighted by Gasteiger charge is 2.17. The fourth-order valence-electron chi connectivity index (χ4n) is 2.12. The molecule has 5 nitrogen and oxygen atoms in total. The molecule has 0 bridgehead atoms. The van der Waals surface area contributed by atoms with Gasteiger partial charge in [0.15, 0.2) is 0 Å². The van der Waals surface area contributed by atoms with Gasteiger partial charge in [-0.3, -0.25) is 4.72 Å². The molecule has 1 aromatic heterocycles. The van der Waals surface area contributed by atoms with Crippen LogP contribution in [-0.2, 0) is 10.0 Å². The molecule has 0 aliphatic heterocycles. The molecular weight excluding hydrogens is 317 g/mol. The van der Waals surface area contributed by atoms with Gasteiger partial charge in [-0.25, -0.2) is 17.5 Å². The maximum Gasteiger partial charge on any atom is 0.262 e. The molecule has 23 heavy (non-hydrogen) atoms. The predicted octanol–water partition coefficient (Wildman–Crippen LogP) is 3.12. The van der Waals surface area contributed by atoms with Gasteiger partial charge in [0.2, 0.25) is 0 Å². The topological polar surface area (TPSA) is 64.0 Å². The van der Waals surface area contributed by atoms with Crippen LogP contribution in [0.3, 0.4) is 0 Å². The molecule has 3 rings (SSSR count). The highest BCUT2D eigenvalue weighted by atomic mass is 32.2. The van der Waals surface area contributed by atoms with E-state index < -0.39 is 15.8 Å². The first-order chi connectivity index (χ1) is 11.0. The second kappa shape index (κ2) is 5.85. The number of rotatable bonds is 4. The van der Waals surface area contributed by atoms with Crippen molar-refractivity contribution in [3.63, 3.8) is 0 Å². The van der Waals surface area contributed by atoms with Crippen LogP contribution < -0.4 is 4.72 Å². The van der Waals surface area contributed by atoms with Crippen molar-refractivity contribution in [2.45, 2.75) is 11.8 Å². The van der Waals surface area contributed by atoms with Crippen LogP contribution in [0.4, 0.5) is 10.1 Å². The molecule has 118 valence electrons. The number of nitrogens with one attached hydrogen (secondary N) is 1. The van der Waals surface area contributed by atoms with Gasteiger partial charge in [-0.2, -0.15) is 5.10 Å². The largest absolute Gasteiger partial charge is 0.277 e. The average Bonchev–Trinajstić information content (AvgIpc) is 3.04. The van der Waals surface area contributed by atoms with Crippen molar-refractivity contribution in [2.24, 2.45) is 0 Å². The Morgan fingerprint density at radius 3 is 2.61 bits per heavy atom. The number of aromatic nitrogens is 2. The molecule has 1 N–H and O–H groups in total. The Balaban J connectivity index is 2.00. The van der Waals surface area contributed by atoms with E-state index in [1.807, 2.05) is 0 Å². The van der Waals surface area contributed by atoms with Gasteiger partial charge in [0, 0.05) is 12.4 Å². The van der Waals surface area contributed by atoms with E-state index in [2.05, 4.69) is 9.82 Å². The second-order valence-electron chi connectivity index (χ2n) is 4.98. The van der Waals surface area contributed by atoms with Crippen LogP contribution in [0.25, 0.3) is 5.69 Å². The number of benzene rings is 2. The third kappa shape index (κ3) is 3.09. The number of nitrogens with zero attached hydrogens (tertiary/aromatic N) is 2. The lowest BCUT2D eigenvalue weighted by molar-refractivity contribution is 0.593. The van der Waals surface area contributed by atoms with Crippen LogP contribution in [0.15, 0.2) is 65.8 Å². The third-order valence-corrected chi connectivity index (χ3v) is 4.72. The monoisotopic (exact) mass is 331 g/mol. The Bertz CT molecular complexity index is 938. The Morgan fingerprint density at radius 2 is 1.91 bits per heavy atom. The summed E-state index contributed by atoms with van der Waals surface area (Å²) in [5.41, 5.74) is 1.33. The number of aryl methyl sites for hydroxylation is 1. The van der Waals surface area contributed by atoms with Gasteiger partial charge in [0.05, 0.1) is 16.3 Å². The number of para-hydroxylation sites is 2. The summed E-state index contributed by atoms with van der Waals surface area (Å²) >= 11 is 0. The Labute approximate surface area is 133 Å². The highest BCUT2D eigenvalue weighted by molar-refractivity contribution is 7.92. The molecule has 0 saturated heterocycles. The van der Waals surface area contributed by atoms with Crippen LogP contribution in [0.5, 0.6) is 0 Å². The van der Waals surface area contributed by atoms with Crippen LogP contribution in [0.2, 0.25) is 0 Å². The highest BCUT2D eigenvalue weighted by Crippen LogP contribution is 2.23. The summed E-state index contributed by atoms with van der Waals surface area (Å²) in [6.45, 7) is 1.58. The molecule has 0 atom stereocenters. The molecule has 7 heteroatoms. The van der Waals surface area contributed by atoms with Gasteiger partial charge >= 0.3 is 0 Å². The van der Waals surface area contributed by atoms with E-state index in [0.29, 0.717) is 16.9 Å². The standard InChI is InChI=1S/C16H14FN3O2S/c1-12-7-8-13(11-14(12)17)23(21,22)19-15-5-2-3-6-16(15)20-10-4-9-18-20/h2-11,19H,1H3. The van der Waals surface area contributed by atoms with Crippen molar-refractivity contribution in [1.29, 1.82) is 0 Å². The maximum absolute atomic E-state index is 13.6. The summed E-state index contributed by atoms with van der Waals surface area (Å²) in [7, 11) is -3.90. The number of halogens is 1. The molecule has 2 aromatic carbocycles. The van der Waals surface area contributed by atoms with Gasteiger partial charge in [-0.05, 0) is 42.8 Å². The van der Waals surface area contributed by atoms with E-state index in [1.165, 1.54) is 12.1 Å². The normalized spacial score (nSPS) is 11.4. The SMILES string of the molecule is Cc1ccc(S(=O)(=O)Nc2ccccc2-n2cccn2)cc1F. The van der Waals surface area contributed by atoms with E-state index in [1.54, 1.807) is 54.3 Å². The molecule has 1 heterocycles. The van der Waals surface area contributed by atoms with Gasteiger partial charge in [0.25, 0.3) is 10.0 Å². The lowest BCUT2D eigenvalue weighted by Gasteiger charge is -2.13. The lowest BCUT2D eigenvalue weighted by atomic mass is 10.2. The van der Waals surface area contributed by atoms with Crippen molar-refractivity contribution in [2.75, 3.05) is 4.72 Å². The quantitative estimate of drug-likeness (QED) is 0.799. The zero-order valence-corrected chi connectivity index (χ0v) is 13.1. The Morgan fingerprint density at radius 1 is 1.13 bits per heavy atom. The lowest BCUT2D eigenvalue weighted by Crippen LogP contribution is -2.15. The van der Waals surface area contributed by atoms with Crippen molar-refractivity contribution >= 4 is 15.7 Å². The first-order valence-corrected chi connectivity index (χ1v) is 8.34. The summed E-state index contributed by atoms with van der Waals surface area (Å²) in [6.07, 6.45) is 3.30. The van der Waals surface area contributed by atoms with E-state index in [-0.39, 0.29) is 4.90 Å².